The van der Waals surface area contributed by atoms with Gasteiger partial charge >= 0.3 is 0 Å². The summed E-state index contributed by atoms with van der Waals surface area (Å²) in [7, 11) is 1.58. The van der Waals surface area contributed by atoms with Gasteiger partial charge in [0, 0.05) is 11.5 Å². The lowest BCUT2D eigenvalue weighted by Gasteiger charge is -2.14. The molecular formula is C21H18N4O4. The summed E-state index contributed by atoms with van der Waals surface area (Å²) in [4.78, 5) is 41.5. The summed E-state index contributed by atoms with van der Waals surface area (Å²) in [6.45, 7) is 0. The van der Waals surface area contributed by atoms with Crippen molar-refractivity contribution < 1.29 is 19.1 Å². The maximum atomic E-state index is 12.5. The highest BCUT2D eigenvalue weighted by Crippen LogP contribution is 2.22. The number of hydrogen-bond donors (Lipinski definition) is 3. The van der Waals surface area contributed by atoms with Gasteiger partial charge in [-0.3, -0.25) is 19.4 Å². The Labute approximate surface area is 166 Å². The van der Waals surface area contributed by atoms with E-state index in [1.54, 1.807) is 49.6 Å². The van der Waals surface area contributed by atoms with Crippen LogP contribution in [0.4, 0.5) is 11.4 Å². The molecule has 8 nitrogen and oxygen atoms in total. The number of ether oxygens (including phenoxy) is 1. The number of rotatable bonds is 4. The highest BCUT2D eigenvalue weighted by molar-refractivity contribution is 6.11. The first kappa shape index (κ1) is 18.4. The Balaban J connectivity index is 1.46. The maximum absolute atomic E-state index is 12.5. The molecule has 29 heavy (non-hydrogen) atoms. The molecule has 1 aliphatic rings. The molecule has 0 radical (unpaired) electrons. The molecule has 3 N–H and O–H groups in total. The van der Waals surface area contributed by atoms with Gasteiger partial charge in [-0.15, -0.1) is 0 Å². The molecule has 0 saturated carbocycles. The zero-order chi connectivity index (χ0) is 20.4. The van der Waals surface area contributed by atoms with Crippen molar-refractivity contribution in [1.82, 2.24) is 10.3 Å². The number of carbonyl (C=O) groups excluding carboxylic acids is 3. The number of hydrogen-bond acceptors (Lipinski definition) is 5. The molecule has 3 amide bonds. The van der Waals surface area contributed by atoms with E-state index in [1.807, 2.05) is 6.07 Å². The van der Waals surface area contributed by atoms with E-state index < -0.39 is 23.8 Å². The van der Waals surface area contributed by atoms with Crippen LogP contribution in [0.25, 0.3) is 10.9 Å². The van der Waals surface area contributed by atoms with Gasteiger partial charge in [-0.2, -0.15) is 0 Å². The van der Waals surface area contributed by atoms with Gasteiger partial charge < -0.3 is 20.7 Å². The molecule has 1 aromatic heterocycles. The summed E-state index contributed by atoms with van der Waals surface area (Å²) in [5.41, 5.74) is 2.01. The van der Waals surface area contributed by atoms with Crippen LogP contribution in [0.15, 0.2) is 54.7 Å². The number of para-hydroxylation sites is 1. The fourth-order valence-corrected chi connectivity index (χ4v) is 3.15. The Morgan fingerprint density at radius 2 is 2.00 bits per heavy atom. The molecule has 3 aromatic rings. The van der Waals surface area contributed by atoms with Gasteiger partial charge in [0.15, 0.2) is 0 Å². The number of fused-ring (bicyclic) bond motifs is 2. The SMILES string of the molecule is COc1ccc2cc(NC(=O)CC3NC(=O)c4ccccc4NC3=O)cnc2c1. The third-order valence-corrected chi connectivity index (χ3v) is 4.62. The highest BCUT2D eigenvalue weighted by Gasteiger charge is 2.29. The first-order valence-electron chi connectivity index (χ1n) is 8.98. The van der Waals surface area contributed by atoms with E-state index in [4.69, 9.17) is 4.74 Å². The van der Waals surface area contributed by atoms with Crippen molar-refractivity contribution in [3.05, 3.63) is 60.3 Å². The quantitative estimate of drug-likeness (QED) is 0.633. The standard InChI is InChI=1S/C21H18N4O4/c1-29-14-7-6-12-8-13(11-22-17(12)9-14)23-19(26)10-18-21(28)24-16-5-3-2-4-15(16)20(27)25-18/h2-9,11,18H,10H2,1H3,(H,23,26)(H,24,28)(H,25,27). The van der Waals surface area contributed by atoms with Gasteiger partial charge in [0.2, 0.25) is 11.8 Å². The summed E-state index contributed by atoms with van der Waals surface area (Å²) >= 11 is 0. The Morgan fingerprint density at radius 1 is 1.17 bits per heavy atom. The van der Waals surface area contributed by atoms with Crippen LogP contribution in [0.5, 0.6) is 5.75 Å². The number of nitrogens with one attached hydrogen (secondary N) is 3. The molecule has 2 aromatic carbocycles. The van der Waals surface area contributed by atoms with E-state index in [1.165, 1.54) is 6.20 Å². The van der Waals surface area contributed by atoms with Gasteiger partial charge in [0.1, 0.15) is 11.8 Å². The fourth-order valence-electron chi connectivity index (χ4n) is 3.15. The van der Waals surface area contributed by atoms with Gasteiger partial charge in [-0.1, -0.05) is 12.1 Å². The summed E-state index contributed by atoms with van der Waals surface area (Å²) in [5, 5.41) is 8.84. The lowest BCUT2D eigenvalue weighted by atomic mass is 10.1. The number of nitrogens with zero attached hydrogens (tertiary/aromatic N) is 1. The summed E-state index contributed by atoms with van der Waals surface area (Å²) in [6.07, 6.45) is 1.33. The first-order chi connectivity index (χ1) is 14.0. The molecule has 0 bridgehead atoms. The van der Waals surface area contributed by atoms with E-state index in [2.05, 4.69) is 20.9 Å². The van der Waals surface area contributed by atoms with Crippen LogP contribution >= 0.6 is 0 Å². The molecular weight excluding hydrogens is 372 g/mol. The van der Waals surface area contributed by atoms with E-state index in [0.717, 1.165) is 10.9 Å². The Hall–Kier alpha value is -3.94. The zero-order valence-corrected chi connectivity index (χ0v) is 15.6. The van der Waals surface area contributed by atoms with Crippen molar-refractivity contribution in [1.29, 1.82) is 0 Å². The molecule has 1 unspecified atom stereocenters. The number of pyridine rings is 1. The van der Waals surface area contributed by atoms with E-state index >= 15 is 0 Å². The second-order valence-electron chi connectivity index (χ2n) is 6.60. The van der Waals surface area contributed by atoms with Crippen molar-refractivity contribution in [2.45, 2.75) is 12.5 Å². The molecule has 0 fully saturated rings. The summed E-state index contributed by atoms with van der Waals surface area (Å²) < 4.78 is 5.17. The predicted molar refractivity (Wildman–Crippen MR) is 108 cm³/mol. The van der Waals surface area contributed by atoms with Gasteiger partial charge in [0.25, 0.3) is 5.91 Å². The Bertz CT molecular complexity index is 1130. The minimum absolute atomic E-state index is 0.202. The molecule has 0 aliphatic carbocycles. The van der Waals surface area contributed by atoms with Crippen LogP contribution in [-0.4, -0.2) is 35.9 Å². The molecule has 0 spiro atoms. The molecule has 2 heterocycles. The maximum Gasteiger partial charge on any atom is 0.254 e. The average Bonchev–Trinajstić information content (AvgIpc) is 2.84. The number of methoxy groups -OCH3 is 1. The third-order valence-electron chi connectivity index (χ3n) is 4.62. The first-order valence-corrected chi connectivity index (χ1v) is 8.98. The number of benzene rings is 2. The van der Waals surface area contributed by atoms with Crippen molar-refractivity contribution >= 4 is 40.0 Å². The van der Waals surface area contributed by atoms with Crippen molar-refractivity contribution in [2.75, 3.05) is 17.7 Å². The van der Waals surface area contributed by atoms with Crippen LogP contribution in [0.3, 0.4) is 0 Å². The third kappa shape index (κ3) is 3.86. The van der Waals surface area contributed by atoms with Crippen molar-refractivity contribution in [3.63, 3.8) is 0 Å². The second kappa shape index (κ2) is 7.59. The average molecular weight is 390 g/mol. The molecule has 146 valence electrons. The normalized spacial score (nSPS) is 15.7. The summed E-state index contributed by atoms with van der Waals surface area (Å²) in [6, 6.07) is 12.9. The number of anilines is 2. The van der Waals surface area contributed by atoms with Gasteiger partial charge in [-0.05, 0) is 30.3 Å². The largest absolute Gasteiger partial charge is 0.497 e. The second-order valence-corrected chi connectivity index (χ2v) is 6.60. The van der Waals surface area contributed by atoms with Gasteiger partial charge in [-0.25, -0.2) is 0 Å². The molecule has 8 heteroatoms. The van der Waals surface area contributed by atoms with Crippen LogP contribution in [0, 0.1) is 0 Å². The van der Waals surface area contributed by atoms with Gasteiger partial charge in [0.05, 0.1) is 42.2 Å². The van der Waals surface area contributed by atoms with Crippen LogP contribution in [-0.2, 0) is 9.59 Å². The molecule has 1 atom stereocenters. The highest BCUT2D eigenvalue weighted by atomic mass is 16.5. The topological polar surface area (TPSA) is 109 Å². The summed E-state index contributed by atoms with van der Waals surface area (Å²) in [5.74, 6) is -0.566. The van der Waals surface area contributed by atoms with E-state index in [-0.39, 0.29) is 6.42 Å². The monoisotopic (exact) mass is 390 g/mol. The lowest BCUT2D eigenvalue weighted by molar-refractivity contribution is -0.122. The van der Waals surface area contributed by atoms with Crippen LogP contribution in [0.1, 0.15) is 16.8 Å². The fraction of sp³-hybridized carbons (Fsp3) is 0.143. The lowest BCUT2D eigenvalue weighted by Crippen LogP contribution is -2.43. The minimum Gasteiger partial charge on any atom is -0.497 e. The molecule has 0 saturated heterocycles. The number of carbonyl (C=O) groups is 3. The number of amides is 3. The number of aromatic nitrogens is 1. The van der Waals surface area contributed by atoms with Crippen molar-refractivity contribution in [3.8, 4) is 5.75 Å². The Morgan fingerprint density at radius 3 is 2.83 bits per heavy atom. The zero-order valence-electron chi connectivity index (χ0n) is 15.6. The van der Waals surface area contributed by atoms with E-state index in [9.17, 15) is 14.4 Å². The predicted octanol–water partition coefficient (Wildman–Crippen LogP) is 2.32. The minimum atomic E-state index is -0.979. The van der Waals surface area contributed by atoms with E-state index in [0.29, 0.717) is 22.7 Å². The molecule has 4 rings (SSSR count). The van der Waals surface area contributed by atoms with Crippen molar-refractivity contribution in [2.24, 2.45) is 0 Å². The van der Waals surface area contributed by atoms with Crippen LogP contribution < -0.4 is 20.7 Å². The smallest absolute Gasteiger partial charge is 0.254 e. The molecule has 1 aliphatic heterocycles. The Kier molecular flexibility index (Phi) is 4.82. The van der Waals surface area contributed by atoms with Crippen LogP contribution in [0.2, 0.25) is 0 Å².